The van der Waals surface area contributed by atoms with E-state index in [9.17, 15) is 18.0 Å². The topological polar surface area (TPSA) is 125 Å². The maximum atomic E-state index is 12.1. The summed E-state index contributed by atoms with van der Waals surface area (Å²) in [5.41, 5.74) is -0.154. The van der Waals surface area contributed by atoms with Crippen LogP contribution >= 0.6 is 22.3 Å². The van der Waals surface area contributed by atoms with Crippen molar-refractivity contribution in [3.63, 3.8) is 0 Å². The molecule has 7 nitrogen and oxygen atoms in total. The Morgan fingerprint density at radius 1 is 1.19 bits per heavy atom. The van der Waals surface area contributed by atoms with Gasteiger partial charge in [-0.1, -0.05) is 18.2 Å². The molecule has 0 saturated carbocycles. The zero-order valence-corrected chi connectivity index (χ0v) is 15.7. The number of benzene rings is 1. The molecule has 0 radical (unpaired) electrons. The third-order valence-electron chi connectivity index (χ3n) is 3.88. The molecular formula is C17H10Cl2N2O5S. The van der Waals surface area contributed by atoms with Crippen LogP contribution in [0.5, 0.6) is 0 Å². The number of carbonyl (C=O) groups is 2. The molecule has 0 fully saturated rings. The van der Waals surface area contributed by atoms with Crippen molar-refractivity contribution in [2.45, 2.75) is 11.0 Å². The van der Waals surface area contributed by atoms with Crippen LogP contribution in [-0.4, -0.2) is 37.0 Å². The Hall–Kier alpha value is -2.55. The van der Waals surface area contributed by atoms with E-state index in [1.165, 1.54) is 30.4 Å². The number of ketones is 1. The molecule has 0 saturated heterocycles. The van der Waals surface area contributed by atoms with Gasteiger partial charge in [0.1, 0.15) is 5.71 Å². The Bertz CT molecular complexity index is 1120. The molecule has 2 aliphatic carbocycles. The Morgan fingerprint density at radius 2 is 1.89 bits per heavy atom. The van der Waals surface area contributed by atoms with Gasteiger partial charge in [-0.05, 0) is 35.9 Å². The highest BCUT2D eigenvalue weighted by molar-refractivity contribution is 8.13. The van der Waals surface area contributed by atoms with Crippen molar-refractivity contribution in [3.05, 3.63) is 58.9 Å². The van der Waals surface area contributed by atoms with Gasteiger partial charge in [0.05, 0.1) is 10.6 Å². The van der Waals surface area contributed by atoms with E-state index in [0.717, 1.165) is 12.2 Å². The lowest BCUT2D eigenvalue weighted by Gasteiger charge is -2.24. The molecule has 1 atom stereocenters. The van der Waals surface area contributed by atoms with Gasteiger partial charge in [-0.3, -0.25) is 15.0 Å². The Kier molecular flexibility index (Phi) is 4.90. The molecule has 2 N–H and O–H groups in total. The summed E-state index contributed by atoms with van der Waals surface area (Å²) in [6.07, 6.45) is 3.91. The van der Waals surface area contributed by atoms with Gasteiger partial charge in [0.2, 0.25) is 5.78 Å². The zero-order chi connectivity index (χ0) is 19.9. The van der Waals surface area contributed by atoms with Crippen LogP contribution in [0, 0.1) is 10.8 Å². The lowest BCUT2D eigenvalue weighted by molar-refractivity contribution is -0.113. The minimum Gasteiger partial charge on any atom is -0.476 e. The van der Waals surface area contributed by atoms with Crippen LogP contribution in [0.1, 0.15) is 11.1 Å². The molecule has 10 heteroatoms. The van der Waals surface area contributed by atoms with Gasteiger partial charge in [0, 0.05) is 27.4 Å². The van der Waals surface area contributed by atoms with E-state index >= 15 is 0 Å². The quantitative estimate of drug-likeness (QED) is 0.567. The minimum absolute atomic E-state index is 0.0847. The summed E-state index contributed by atoms with van der Waals surface area (Å²) in [6, 6.07) is 4.28. The smallest absolute Gasteiger partial charge is 0.261 e. The van der Waals surface area contributed by atoms with E-state index in [4.69, 9.17) is 37.8 Å². The summed E-state index contributed by atoms with van der Waals surface area (Å²) in [7, 11) is 1.41. The average molecular weight is 425 g/mol. The lowest BCUT2D eigenvalue weighted by Crippen LogP contribution is -2.30. The SMILES string of the molecule is N=C1C=C(C(=O)Cl)C=C(OC2C=Cc3c(cccc3S(=O)(=O)Cl)C2=N)C1=O. The van der Waals surface area contributed by atoms with Gasteiger partial charge in [0.15, 0.2) is 11.9 Å². The second-order valence-corrected chi connectivity index (χ2v) is 8.47. The molecule has 1 unspecified atom stereocenters. The number of ether oxygens (including phenoxy) is 1. The first-order valence-corrected chi connectivity index (χ1v) is 10.1. The number of hydrogen-bond donors (Lipinski definition) is 2. The molecule has 1 aromatic carbocycles. The Labute approximate surface area is 163 Å². The van der Waals surface area contributed by atoms with E-state index in [-0.39, 0.29) is 33.1 Å². The third kappa shape index (κ3) is 3.64. The fourth-order valence-corrected chi connectivity index (χ4v) is 3.83. The molecule has 0 aliphatic heterocycles. The summed E-state index contributed by atoms with van der Waals surface area (Å²) in [5, 5.41) is 15.0. The molecule has 1 aromatic rings. The van der Waals surface area contributed by atoms with Crippen LogP contribution in [0.2, 0.25) is 0 Å². The van der Waals surface area contributed by atoms with Crippen molar-refractivity contribution < 1.29 is 22.7 Å². The van der Waals surface area contributed by atoms with Gasteiger partial charge in [0.25, 0.3) is 14.3 Å². The first-order chi connectivity index (χ1) is 12.6. The molecule has 0 amide bonds. The highest BCUT2D eigenvalue weighted by atomic mass is 35.7. The largest absolute Gasteiger partial charge is 0.476 e. The van der Waals surface area contributed by atoms with E-state index in [2.05, 4.69) is 0 Å². The fourth-order valence-electron chi connectivity index (χ4n) is 2.63. The normalized spacial score (nSPS) is 19.3. The molecule has 2 aliphatic rings. The fraction of sp³-hybridized carbons (Fsp3) is 0.0588. The van der Waals surface area contributed by atoms with Crippen LogP contribution < -0.4 is 0 Å². The molecule has 138 valence electrons. The maximum absolute atomic E-state index is 12.1. The number of nitrogens with one attached hydrogen (secondary N) is 2. The van der Waals surface area contributed by atoms with E-state index < -0.39 is 31.9 Å². The number of fused-ring (bicyclic) bond motifs is 1. The first kappa shape index (κ1) is 19.2. The van der Waals surface area contributed by atoms with Crippen molar-refractivity contribution in [1.82, 2.24) is 0 Å². The molecular weight excluding hydrogens is 415 g/mol. The standard InChI is InChI=1S/C17H10Cl2N2O5S/c18-17(23)8-6-11(20)16(22)13(7-8)26-12-5-4-9-10(15(12)21)2-1-3-14(9)27(19,24)25/h1-7,12,20-21H. The van der Waals surface area contributed by atoms with E-state index in [0.29, 0.717) is 0 Å². The highest BCUT2D eigenvalue weighted by Crippen LogP contribution is 2.30. The van der Waals surface area contributed by atoms with Gasteiger partial charge >= 0.3 is 0 Å². The Balaban J connectivity index is 1.97. The summed E-state index contributed by atoms with van der Waals surface area (Å²) in [5.74, 6) is -1.07. The van der Waals surface area contributed by atoms with Crippen molar-refractivity contribution in [3.8, 4) is 0 Å². The number of halogens is 2. The third-order valence-corrected chi connectivity index (χ3v) is 5.48. The summed E-state index contributed by atoms with van der Waals surface area (Å²) in [4.78, 5) is 23.3. The molecule has 0 aromatic heterocycles. The number of carbonyl (C=O) groups excluding carboxylic acids is 2. The van der Waals surface area contributed by atoms with Crippen LogP contribution in [-0.2, 0) is 23.4 Å². The first-order valence-electron chi connectivity index (χ1n) is 7.37. The zero-order valence-electron chi connectivity index (χ0n) is 13.3. The average Bonchev–Trinajstić information content (AvgIpc) is 2.59. The van der Waals surface area contributed by atoms with Gasteiger partial charge in [-0.2, -0.15) is 0 Å². The predicted octanol–water partition coefficient (Wildman–Crippen LogP) is 2.57. The van der Waals surface area contributed by atoms with E-state index in [1.807, 2.05) is 0 Å². The predicted molar refractivity (Wildman–Crippen MR) is 100.0 cm³/mol. The van der Waals surface area contributed by atoms with Crippen LogP contribution in [0.15, 0.2) is 52.7 Å². The van der Waals surface area contributed by atoms with Crippen LogP contribution in [0.25, 0.3) is 6.08 Å². The second-order valence-electron chi connectivity index (χ2n) is 5.59. The summed E-state index contributed by atoms with van der Waals surface area (Å²) in [6.45, 7) is 0. The molecule has 0 heterocycles. The molecule has 3 rings (SSSR count). The van der Waals surface area contributed by atoms with Gasteiger partial charge < -0.3 is 10.1 Å². The van der Waals surface area contributed by atoms with Crippen LogP contribution in [0.4, 0.5) is 0 Å². The number of rotatable bonds is 4. The number of hydrogen-bond acceptors (Lipinski definition) is 7. The second kappa shape index (κ2) is 6.88. The monoisotopic (exact) mass is 424 g/mol. The maximum Gasteiger partial charge on any atom is 0.261 e. The lowest BCUT2D eigenvalue weighted by atomic mass is 9.93. The minimum atomic E-state index is -4.02. The summed E-state index contributed by atoms with van der Waals surface area (Å²) < 4.78 is 28.9. The summed E-state index contributed by atoms with van der Waals surface area (Å²) >= 11 is 5.39. The van der Waals surface area contributed by atoms with Crippen molar-refractivity contribution in [2.75, 3.05) is 0 Å². The number of Topliss-reactive ketones (excluding diaryl/α,β-unsaturated/α-hetero) is 1. The Morgan fingerprint density at radius 3 is 2.52 bits per heavy atom. The van der Waals surface area contributed by atoms with Crippen molar-refractivity contribution >= 4 is 59.9 Å². The van der Waals surface area contributed by atoms with Gasteiger partial charge in [-0.15, -0.1) is 0 Å². The van der Waals surface area contributed by atoms with Crippen LogP contribution in [0.3, 0.4) is 0 Å². The van der Waals surface area contributed by atoms with Gasteiger partial charge in [-0.25, -0.2) is 8.42 Å². The van der Waals surface area contributed by atoms with E-state index in [1.54, 1.807) is 0 Å². The molecule has 27 heavy (non-hydrogen) atoms. The molecule has 0 bridgehead atoms. The highest BCUT2D eigenvalue weighted by Gasteiger charge is 2.30. The number of allylic oxidation sites excluding steroid dienone is 4. The molecule has 0 spiro atoms. The van der Waals surface area contributed by atoms with Crippen molar-refractivity contribution in [1.29, 1.82) is 10.8 Å². The van der Waals surface area contributed by atoms with Crippen molar-refractivity contribution in [2.24, 2.45) is 0 Å².